The predicted octanol–water partition coefficient (Wildman–Crippen LogP) is 4.96. The fourth-order valence-corrected chi connectivity index (χ4v) is 4.83. The van der Waals surface area contributed by atoms with Gasteiger partial charge in [0.2, 0.25) is 0 Å². The number of benzene rings is 1. The van der Waals surface area contributed by atoms with Crippen molar-refractivity contribution in [2.75, 3.05) is 7.11 Å². The maximum absolute atomic E-state index is 12.6. The molecule has 2 aromatic rings. The SMILES string of the molecule is COc1ccc2nc(C3(CCCCC4CCCC4C)CC3)c(=O)[nH]c2c1. The Balaban J connectivity index is 1.44. The van der Waals surface area contributed by atoms with E-state index in [-0.39, 0.29) is 11.0 Å². The van der Waals surface area contributed by atoms with Gasteiger partial charge in [0.1, 0.15) is 11.4 Å². The van der Waals surface area contributed by atoms with Crippen LogP contribution in [0.15, 0.2) is 23.0 Å². The highest BCUT2D eigenvalue weighted by molar-refractivity contribution is 5.76. The molecule has 4 heteroatoms. The molecule has 0 spiro atoms. The Hall–Kier alpha value is -1.84. The summed E-state index contributed by atoms with van der Waals surface area (Å²) in [5.74, 6) is 2.58. The largest absolute Gasteiger partial charge is 0.497 e. The molecule has 0 saturated heterocycles. The molecule has 140 valence electrons. The van der Waals surface area contributed by atoms with Crippen molar-refractivity contribution in [1.29, 1.82) is 0 Å². The Bertz CT molecular complexity index is 838. The van der Waals surface area contributed by atoms with Crippen LogP contribution in [0.1, 0.15) is 70.4 Å². The molecule has 2 atom stereocenters. The van der Waals surface area contributed by atoms with Crippen LogP contribution < -0.4 is 10.3 Å². The van der Waals surface area contributed by atoms with Gasteiger partial charge < -0.3 is 9.72 Å². The molecule has 1 aromatic heterocycles. The second-order valence-electron chi connectivity index (χ2n) is 8.49. The lowest BCUT2D eigenvalue weighted by Crippen LogP contribution is -2.23. The van der Waals surface area contributed by atoms with Crippen molar-refractivity contribution in [3.63, 3.8) is 0 Å². The highest BCUT2D eigenvalue weighted by Crippen LogP contribution is 2.50. The zero-order chi connectivity index (χ0) is 18.1. The third kappa shape index (κ3) is 3.38. The Morgan fingerprint density at radius 1 is 1.27 bits per heavy atom. The second kappa shape index (κ2) is 7.05. The van der Waals surface area contributed by atoms with Crippen LogP contribution in [0.2, 0.25) is 0 Å². The zero-order valence-electron chi connectivity index (χ0n) is 16.0. The van der Waals surface area contributed by atoms with E-state index >= 15 is 0 Å². The lowest BCUT2D eigenvalue weighted by Gasteiger charge is -2.17. The summed E-state index contributed by atoms with van der Waals surface area (Å²) in [5.41, 5.74) is 2.37. The molecule has 0 aliphatic heterocycles. The van der Waals surface area contributed by atoms with Gasteiger partial charge in [0.25, 0.3) is 5.56 Å². The van der Waals surface area contributed by atoms with E-state index in [4.69, 9.17) is 9.72 Å². The summed E-state index contributed by atoms with van der Waals surface area (Å²) in [4.78, 5) is 20.4. The van der Waals surface area contributed by atoms with Crippen LogP contribution in [0, 0.1) is 11.8 Å². The smallest absolute Gasteiger partial charge is 0.270 e. The normalized spacial score (nSPS) is 24.1. The fourth-order valence-electron chi connectivity index (χ4n) is 4.83. The van der Waals surface area contributed by atoms with Gasteiger partial charge in [-0.1, -0.05) is 45.4 Å². The molecular weight excluding hydrogens is 324 g/mol. The summed E-state index contributed by atoms with van der Waals surface area (Å²) in [6, 6.07) is 5.68. The van der Waals surface area contributed by atoms with Crippen molar-refractivity contribution in [3.8, 4) is 5.75 Å². The van der Waals surface area contributed by atoms with Crippen LogP contribution in [0.25, 0.3) is 11.0 Å². The molecular formula is C22H30N2O2. The van der Waals surface area contributed by atoms with Gasteiger partial charge in [-0.3, -0.25) is 4.79 Å². The number of fused-ring (bicyclic) bond motifs is 1. The lowest BCUT2D eigenvalue weighted by molar-refractivity contribution is 0.370. The topological polar surface area (TPSA) is 55.0 Å². The molecule has 26 heavy (non-hydrogen) atoms. The average Bonchev–Trinajstić information content (AvgIpc) is 3.32. The summed E-state index contributed by atoms with van der Waals surface area (Å²) < 4.78 is 5.24. The Labute approximate surface area is 155 Å². The fraction of sp³-hybridized carbons (Fsp3) is 0.636. The first kappa shape index (κ1) is 17.6. The zero-order valence-corrected chi connectivity index (χ0v) is 16.0. The van der Waals surface area contributed by atoms with E-state index in [1.807, 2.05) is 18.2 Å². The summed E-state index contributed by atoms with van der Waals surface area (Å²) in [7, 11) is 1.63. The van der Waals surface area contributed by atoms with Gasteiger partial charge >= 0.3 is 0 Å². The summed E-state index contributed by atoms with van der Waals surface area (Å²) >= 11 is 0. The highest BCUT2D eigenvalue weighted by Gasteiger charge is 2.46. The van der Waals surface area contributed by atoms with Crippen LogP contribution in [0.4, 0.5) is 0 Å². The van der Waals surface area contributed by atoms with E-state index in [9.17, 15) is 4.79 Å². The van der Waals surface area contributed by atoms with Crippen molar-refractivity contribution in [3.05, 3.63) is 34.2 Å². The molecule has 0 bridgehead atoms. The molecule has 2 fully saturated rings. The standard InChI is InChI=1S/C22H30N2O2/c1-15-6-5-8-16(15)7-3-4-11-22(12-13-22)20-21(25)24-19-14-17(26-2)9-10-18(19)23-20/h9-10,14-16H,3-8,11-13H2,1-2H3,(H,24,25). The molecule has 2 aliphatic rings. The Morgan fingerprint density at radius 2 is 2.12 bits per heavy atom. The van der Waals surface area contributed by atoms with Gasteiger partial charge in [-0.05, 0) is 43.2 Å². The van der Waals surface area contributed by atoms with Gasteiger partial charge in [-0.2, -0.15) is 0 Å². The number of unbranched alkanes of at least 4 members (excludes halogenated alkanes) is 1. The van der Waals surface area contributed by atoms with E-state index in [0.717, 1.165) is 53.6 Å². The minimum absolute atomic E-state index is 0.0207. The molecule has 0 amide bonds. The van der Waals surface area contributed by atoms with Gasteiger partial charge in [0, 0.05) is 11.5 Å². The van der Waals surface area contributed by atoms with Crippen LogP contribution in [-0.4, -0.2) is 17.1 Å². The van der Waals surface area contributed by atoms with Crippen molar-refractivity contribution in [2.45, 2.75) is 70.1 Å². The number of H-pyrrole nitrogens is 1. The maximum atomic E-state index is 12.6. The van der Waals surface area contributed by atoms with Crippen molar-refractivity contribution >= 4 is 11.0 Å². The van der Waals surface area contributed by atoms with Crippen LogP contribution in [0.5, 0.6) is 5.75 Å². The molecule has 1 heterocycles. The number of nitrogens with one attached hydrogen (secondary N) is 1. The number of ether oxygens (including phenoxy) is 1. The van der Waals surface area contributed by atoms with Gasteiger partial charge in [-0.25, -0.2) is 4.98 Å². The van der Waals surface area contributed by atoms with Gasteiger partial charge in [-0.15, -0.1) is 0 Å². The van der Waals surface area contributed by atoms with E-state index in [0.29, 0.717) is 0 Å². The highest BCUT2D eigenvalue weighted by atomic mass is 16.5. The van der Waals surface area contributed by atoms with Crippen molar-refractivity contribution in [1.82, 2.24) is 9.97 Å². The van der Waals surface area contributed by atoms with E-state index in [1.54, 1.807) is 7.11 Å². The Kier molecular flexibility index (Phi) is 4.76. The molecule has 1 N–H and O–H groups in total. The number of hydrogen-bond donors (Lipinski definition) is 1. The minimum atomic E-state index is -0.0207. The van der Waals surface area contributed by atoms with E-state index in [2.05, 4.69) is 11.9 Å². The monoisotopic (exact) mass is 354 g/mol. The summed E-state index contributed by atoms with van der Waals surface area (Å²) in [6.45, 7) is 2.41. The molecule has 4 rings (SSSR count). The first-order valence-corrected chi connectivity index (χ1v) is 10.2. The number of methoxy groups -OCH3 is 1. The summed E-state index contributed by atoms with van der Waals surface area (Å²) in [5, 5.41) is 0. The van der Waals surface area contributed by atoms with Crippen molar-refractivity contribution < 1.29 is 4.74 Å². The Morgan fingerprint density at radius 3 is 2.81 bits per heavy atom. The second-order valence-corrected chi connectivity index (χ2v) is 8.49. The molecule has 2 saturated carbocycles. The minimum Gasteiger partial charge on any atom is -0.497 e. The number of aromatic amines is 1. The molecule has 2 unspecified atom stereocenters. The van der Waals surface area contributed by atoms with Crippen LogP contribution >= 0.6 is 0 Å². The van der Waals surface area contributed by atoms with Gasteiger partial charge in [0.05, 0.1) is 18.1 Å². The van der Waals surface area contributed by atoms with E-state index < -0.39 is 0 Å². The van der Waals surface area contributed by atoms with Crippen molar-refractivity contribution in [2.24, 2.45) is 11.8 Å². The van der Waals surface area contributed by atoms with E-state index in [1.165, 1.54) is 38.5 Å². The van der Waals surface area contributed by atoms with Crippen LogP contribution in [0.3, 0.4) is 0 Å². The average molecular weight is 354 g/mol. The maximum Gasteiger partial charge on any atom is 0.270 e. The number of rotatable bonds is 7. The number of aromatic nitrogens is 2. The third-order valence-corrected chi connectivity index (χ3v) is 6.77. The predicted molar refractivity (Wildman–Crippen MR) is 105 cm³/mol. The number of nitrogens with zero attached hydrogens (tertiary/aromatic N) is 1. The number of hydrogen-bond acceptors (Lipinski definition) is 3. The first-order valence-electron chi connectivity index (χ1n) is 10.2. The molecule has 1 aromatic carbocycles. The van der Waals surface area contributed by atoms with Crippen LogP contribution in [-0.2, 0) is 5.41 Å². The molecule has 0 radical (unpaired) electrons. The quantitative estimate of drug-likeness (QED) is 0.715. The van der Waals surface area contributed by atoms with Gasteiger partial charge in [0.15, 0.2) is 0 Å². The summed E-state index contributed by atoms with van der Waals surface area (Å²) in [6.07, 6.45) is 11.4. The first-order chi connectivity index (χ1) is 12.6. The lowest BCUT2D eigenvalue weighted by atomic mass is 9.89. The molecule has 2 aliphatic carbocycles. The third-order valence-electron chi connectivity index (χ3n) is 6.77. The molecule has 4 nitrogen and oxygen atoms in total.